The Bertz CT molecular complexity index is 690. The fourth-order valence-corrected chi connectivity index (χ4v) is 2.22. The maximum atomic E-state index is 5.74. The molecule has 6 heteroatoms. The molecule has 0 bridgehead atoms. The number of para-hydroxylation sites is 2. The van der Waals surface area contributed by atoms with Crippen LogP contribution in [0, 0.1) is 0 Å². The van der Waals surface area contributed by atoms with Crippen molar-refractivity contribution in [1.82, 2.24) is 0 Å². The molecule has 5 nitrogen and oxygen atoms in total. The third-order valence-corrected chi connectivity index (χ3v) is 3.43. The standard InChI is InChI=1S/C18H21NO4S/c1-3-21-17-12-13(18(19)24)8-9-16(17)23-11-10-22-15-7-5-4-6-14(15)20-2/h4-9,12H,3,10-11H2,1-2H3,(H2,19,24). The molecule has 2 aromatic rings. The van der Waals surface area contributed by atoms with Crippen LogP contribution in [0.2, 0.25) is 0 Å². The van der Waals surface area contributed by atoms with Crippen molar-refractivity contribution >= 4 is 17.2 Å². The Balaban J connectivity index is 1.95. The van der Waals surface area contributed by atoms with Crippen LogP contribution in [0.1, 0.15) is 12.5 Å². The number of hydrogen-bond donors (Lipinski definition) is 1. The van der Waals surface area contributed by atoms with Gasteiger partial charge in [0.25, 0.3) is 0 Å². The molecule has 0 saturated heterocycles. The van der Waals surface area contributed by atoms with E-state index in [1.54, 1.807) is 25.3 Å². The highest BCUT2D eigenvalue weighted by molar-refractivity contribution is 7.80. The summed E-state index contributed by atoms with van der Waals surface area (Å²) in [4.78, 5) is 0.321. The summed E-state index contributed by atoms with van der Waals surface area (Å²) in [7, 11) is 1.61. The summed E-state index contributed by atoms with van der Waals surface area (Å²) >= 11 is 4.98. The third-order valence-electron chi connectivity index (χ3n) is 3.20. The van der Waals surface area contributed by atoms with Gasteiger partial charge in [-0.15, -0.1) is 0 Å². The first kappa shape index (κ1) is 17.9. The zero-order valence-electron chi connectivity index (χ0n) is 13.8. The van der Waals surface area contributed by atoms with Gasteiger partial charge in [-0.25, -0.2) is 0 Å². The minimum Gasteiger partial charge on any atom is -0.493 e. The fraction of sp³-hybridized carbons (Fsp3) is 0.278. The normalized spacial score (nSPS) is 10.1. The maximum absolute atomic E-state index is 5.74. The van der Waals surface area contributed by atoms with Gasteiger partial charge < -0.3 is 24.7 Å². The van der Waals surface area contributed by atoms with E-state index in [-0.39, 0.29) is 0 Å². The van der Waals surface area contributed by atoms with E-state index in [9.17, 15) is 0 Å². The summed E-state index contributed by atoms with van der Waals surface area (Å²) < 4.78 is 22.2. The topological polar surface area (TPSA) is 62.9 Å². The van der Waals surface area contributed by atoms with Gasteiger partial charge in [-0.2, -0.15) is 0 Å². The van der Waals surface area contributed by atoms with E-state index in [2.05, 4.69) is 0 Å². The van der Waals surface area contributed by atoms with Crippen molar-refractivity contribution in [2.75, 3.05) is 26.9 Å². The summed E-state index contributed by atoms with van der Waals surface area (Å²) in [6.45, 7) is 3.17. The number of benzene rings is 2. The van der Waals surface area contributed by atoms with E-state index >= 15 is 0 Å². The first-order valence-corrected chi connectivity index (χ1v) is 8.01. The Hall–Kier alpha value is -2.47. The van der Waals surface area contributed by atoms with Gasteiger partial charge in [0, 0.05) is 5.56 Å². The second kappa shape index (κ2) is 8.98. The molecule has 128 valence electrons. The van der Waals surface area contributed by atoms with Crippen molar-refractivity contribution in [3.05, 3.63) is 48.0 Å². The van der Waals surface area contributed by atoms with Crippen molar-refractivity contribution in [3.63, 3.8) is 0 Å². The Morgan fingerprint density at radius 2 is 1.54 bits per heavy atom. The Kier molecular flexibility index (Phi) is 6.69. The van der Waals surface area contributed by atoms with Crippen LogP contribution in [-0.2, 0) is 0 Å². The average molecular weight is 347 g/mol. The molecule has 0 unspecified atom stereocenters. The summed E-state index contributed by atoms with van der Waals surface area (Å²) in [6.07, 6.45) is 0. The number of nitrogens with two attached hydrogens (primary N) is 1. The van der Waals surface area contributed by atoms with Gasteiger partial charge in [0.05, 0.1) is 13.7 Å². The van der Waals surface area contributed by atoms with Crippen LogP contribution in [0.5, 0.6) is 23.0 Å². The zero-order chi connectivity index (χ0) is 17.4. The number of ether oxygens (including phenoxy) is 4. The van der Waals surface area contributed by atoms with Crippen LogP contribution in [0.15, 0.2) is 42.5 Å². The van der Waals surface area contributed by atoms with Crippen LogP contribution in [0.4, 0.5) is 0 Å². The summed E-state index contributed by atoms with van der Waals surface area (Å²) in [5, 5.41) is 0. The second-order valence-corrected chi connectivity index (χ2v) is 5.25. The molecule has 0 aliphatic rings. The van der Waals surface area contributed by atoms with Crippen LogP contribution < -0.4 is 24.7 Å². The van der Waals surface area contributed by atoms with Crippen LogP contribution >= 0.6 is 12.2 Å². The molecule has 2 N–H and O–H groups in total. The summed E-state index contributed by atoms with van der Waals surface area (Å²) in [5.74, 6) is 2.60. The lowest BCUT2D eigenvalue weighted by Gasteiger charge is -2.14. The number of rotatable bonds is 9. The Labute approximate surface area is 147 Å². The van der Waals surface area contributed by atoms with Gasteiger partial charge in [-0.3, -0.25) is 0 Å². The van der Waals surface area contributed by atoms with Gasteiger partial charge in [-0.1, -0.05) is 24.4 Å². The molecule has 0 heterocycles. The van der Waals surface area contributed by atoms with E-state index in [1.807, 2.05) is 31.2 Å². The van der Waals surface area contributed by atoms with E-state index in [1.165, 1.54) is 0 Å². The molecule has 0 fully saturated rings. The van der Waals surface area contributed by atoms with Crippen molar-refractivity contribution in [3.8, 4) is 23.0 Å². The fourth-order valence-electron chi connectivity index (χ4n) is 2.09. The first-order valence-electron chi connectivity index (χ1n) is 7.61. The van der Waals surface area contributed by atoms with E-state index in [0.29, 0.717) is 47.8 Å². The zero-order valence-corrected chi connectivity index (χ0v) is 14.6. The second-order valence-electron chi connectivity index (χ2n) is 4.81. The van der Waals surface area contributed by atoms with Gasteiger partial charge in [0.2, 0.25) is 0 Å². The molecule has 24 heavy (non-hydrogen) atoms. The van der Waals surface area contributed by atoms with Crippen molar-refractivity contribution < 1.29 is 18.9 Å². The van der Waals surface area contributed by atoms with E-state index < -0.39 is 0 Å². The molecule has 2 aromatic carbocycles. The van der Waals surface area contributed by atoms with Crippen LogP contribution in [-0.4, -0.2) is 31.9 Å². The summed E-state index contributed by atoms with van der Waals surface area (Å²) in [6, 6.07) is 12.9. The van der Waals surface area contributed by atoms with Crippen LogP contribution in [0.25, 0.3) is 0 Å². The molecular formula is C18H21NO4S. The van der Waals surface area contributed by atoms with Gasteiger partial charge in [0.1, 0.15) is 18.2 Å². The molecule has 0 aliphatic carbocycles. The molecule has 0 aromatic heterocycles. The Morgan fingerprint density at radius 1 is 0.917 bits per heavy atom. The molecular weight excluding hydrogens is 326 g/mol. The quantitative estimate of drug-likeness (QED) is 0.555. The largest absolute Gasteiger partial charge is 0.493 e. The highest BCUT2D eigenvalue weighted by atomic mass is 32.1. The number of methoxy groups -OCH3 is 1. The molecule has 2 rings (SSSR count). The minimum atomic E-state index is 0.321. The van der Waals surface area contributed by atoms with Gasteiger partial charge >= 0.3 is 0 Å². The third kappa shape index (κ3) is 4.76. The van der Waals surface area contributed by atoms with E-state index in [4.69, 9.17) is 36.9 Å². The molecule has 0 aliphatic heterocycles. The van der Waals surface area contributed by atoms with Crippen molar-refractivity contribution in [2.45, 2.75) is 6.92 Å². The molecule has 0 spiro atoms. The highest BCUT2D eigenvalue weighted by Gasteiger charge is 2.08. The van der Waals surface area contributed by atoms with Crippen LogP contribution in [0.3, 0.4) is 0 Å². The predicted molar refractivity (Wildman–Crippen MR) is 97.5 cm³/mol. The predicted octanol–water partition coefficient (Wildman–Crippen LogP) is 3.19. The maximum Gasteiger partial charge on any atom is 0.161 e. The lowest BCUT2D eigenvalue weighted by Crippen LogP contribution is -2.12. The molecule has 0 saturated carbocycles. The number of hydrogen-bond acceptors (Lipinski definition) is 5. The monoisotopic (exact) mass is 347 g/mol. The molecule has 0 radical (unpaired) electrons. The minimum absolute atomic E-state index is 0.321. The number of thiocarbonyl (C=S) groups is 1. The smallest absolute Gasteiger partial charge is 0.161 e. The average Bonchev–Trinajstić information content (AvgIpc) is 2.60. The van der Waals surface area contributed by atoms with E-state index in [0.717, 1.165) is 5.56 Å². The Morgan fingerprint density at radius 3 is 2.12 bits per heavy atom. The summed E-state index contributed by atoms with van der Waals surface area (Å²) in [5.41, 5.74) is 6.39. The lowest BCUT2D eigenvalue weighted by molar-refractivity contribution is 0.203. The van der Waals surface area contributed by atoms with Gasteiger partial charge in [-0.05, 0) is 37.3 Å². The lowest BCUT2D eigenvalue weighted by atomic mass is 10.2. The molecule has 0 atom stereocenters. The van der Waals surface area contributed by atoms with Crippen molar-refractivity contribution in [1.29, 1.82) is 0 Å². The van der Waals surface area contributed by atoms with Gasteiger partial charge in [0.15, 0.2) is 23.0 Å². The molecule has 0 amide bonds. The highest BCUT2D eigenvalue weighted by Crippen LogP contribution is 2.29. The van der Waals surface area contributed by atoms with Crippen molar-refractivity contribution in [2.24, 2.45) is 5.73 Å². The first-order chi connectivity index (χ1) is 11.7. The SMILES string of the molecule is CCOc1cc(C(N)=S)ccc1OCCOc1ccccc1OC.